The predicted octanol–water partition coefficient (Wildman–Crippen LogP) is 3.74. The monoisotopic (exact) mass is 465 g/mol. The highest BCUT2D eigenvalue weighted by Gasteiger charge is 2.10. The van der Waals surface area contributed by atoms with Gasteiger partial charge in [0, 0.05) is 18.4 Å². The molecule has 0 fully saturated rings. The smallest absolute Gasteiger partial charge is 0.0516 e. The quantitative estimate of drug-likeness (QED) is 0.274. The average Bonchev–Trinajstić information content (AvgIpc) is 2.26. The number of rotatable bonds is 2. The maximum Gasteiger partial charge on any atom is 0.0516 e. The molecular weight excluding hydrogens is 452 g/mol. The lowest BCUT2D eigenvalue weighted by Crippen LogP contribution is -2.08. The van der Waals surface area contributed by atoms with Crippen LogP contribution in [-0.2, 0) is 0 Å². The van der Waals surface area contributed by atoms with Gasteiger partial charge in [-0.25, -0.2) is 0 Å². The van der Waals surface area contributed by atoms with E-state index in [1.165, 1.54) is 9.13 Å². The van der Waals surface area contributed by atoms with Crippen LogP contribution < -0.4 is 17.0 Å². The van der Waals surface area contributed by atoms with E-state index in [2.05, 4.69) is 75.7 Å². The third-order valence-corrected chi connectivity index (χ3v) is 4.09. The van der Waals surface area contributed by atoms with Crippen molar-refractivity contribution in [3.05, 3.63) is 43.0 Å². The topological polar surface area (TPSA) is 64.1 Å². The number of halogens is 2. The van der Waals surface area contributed by atoms with Crippen LogP contribution >= 0.6 is 45.2 Å². The Kier molecular flexibility index (Phi) is 4.33. The van der Waals surface area contributed by atoms with Crippen LogP contribution in [0.4, 0.5) is 11.4 Å². The number of anilines is 2. The van der Waals surface area contributed by atoms with Crippen LogP contribution in [0.5, 0.6) is 0 Å². The molecule has 0 aromatic heterocycles. The van der Waals surface area contributed by atoms with Gasteiger partial charge < -0.3 is 11.2 Å². The molecule has 0 spiro atoms. The van der Waals surface area contributed by atoms with Crippen LogP contribution in [0, 0.1) is 14.1 Å². The van der Waals surface area contributed by atoms with E-state index in [0.717, 1.165) is 26.1 Å². The van der Waals surface area contributed by atoms with E-state index in [9.17, 15) is 0 Å². The standard InChI is InChI=1S/C13H13I2N3/c1-7-2-8(4-9(14)3-7)13-11(15)5-10(18-17)6-12(13)16/h2-6,18H,16-17H2,1H3. The summed E-state index contributed by atoms with van der Waals surface area (Å²) >= 11 is 4.60. The fraction of sp³-hybridized carbons (Fsp3) is 0.0769. The fourth-order valence-corrected chi connectivity index (χ4v) is 3.68. The molecule has 2 rings (SSSR count). The number of hydrazine groups is 1. The summed E-state index contributed by atoms with van der Waals surface area (Å²) < 4.78 is 2.29. The van der Waals surface area contributed by atoms with Gasteiger partial charge in [0.15, 0.2) is 0 Å². The summed E-state index contributed by atoms with van der Waals surface area (Å²) in [5.41, 5.74) is 13.7. The Morgan fingerprint density at radius 3 is 2.33 bits per heavy atom. The summed E-state index contributed by atoms with van der Waals surface area (Å²) in [5.74, 6) is 5.41. The second-order valence-corrected chi connectivity index (χ2v) is 6.49. The molecule has 0 radical (unpaired) electrons. The zero-order valence-electron chi connectivity index (χ0n) is 9.80. The lowest BCUT2D eigenvalue weighted by atomic mass is 10.0. The zero-order chi connectivity index (χ0) is 13.3. The Bertz CT molecular complexity index is 554. The molecule has 0 aliphatic heterocycles. The lowest BCUT2D eigenvalue weighted by Gasteiger charge is -2.12. The minimum Gasteiger partial charge on any atom is -0.398 e. The molecule has 0 heterocycles. The van der Waals surface area contributed by atoms with Gasteiger partial charge in [-0.15, -0.1) is 0 Å². The van der Waals surface area contributed by atoms with Crippen molar-refractivity contribution in [2.24, 2.45) is 5.84 Å². The first kappa shape index (κ1) is 13.9. The molecule has 0 aliphatic carbocycles. The molecule has 0 unspecified atom stereocenters. The minimum atomic E-state index is 0.733. The molecule has 0 saturated carbocycles. The Morgan fingerprint density at radius 2 is 1.78 bits per heavy atom. The van der Waals surface area contributed by atoms with Gasteiger partial charge in [0.25, 0.3) is 0 Å². The largest absolute Gasteiger partial charge is 0.398 e. The normalized spacial score (nSPS) is 10.4. The van der Waals surface area contributed by atoms with Crippen LogP contribution in [0.3, 0.4) is 0 Å². The van der Waals surface area contributed by atoms with Crippen LogP contribution in [0.2, 0.25) is 0 Å². The van der Waals surface area contributed by atoms with Crippen molar-refractivity contribution < 1.29 is 0 Å². The lowest BCUT2D eigenvalue weighted by molar-refractivity contribution is 1.35. The molecule has 0 amide bonds. The Hall–Kier alpha value is -0.540. The molecule has 18 heavy (non-hydrogen) atoms. The van der Waals surface area contributed by atoms with Crippen molar-refractivity contribution in [3.63, 3.8) is 0 Å². The maximum atomic E-state index is 6.13. The summed E-state index contributed by atoms with van der Waals surface area (Å²) in [7, 11) is 0. The van der Waals surface area contributed by atoms with Gasteiger partial charge in [-0.3, -0.25) is 5.84 Å². The van der Waals surface area contributed by atoms with Crippen molar-refractivity contribution in [1.82, 2.24) is 0 Å². The van der Waals surface area contributed by atoms with Crippen molar-refractivity contribution >= 4 is 56.6 Å². The van der Waals surface area contributed by atoms with Gasteiger partial charge in [0.05, 0.1) is 5.69 Å². The van der Waals surface area contributed by atoms with Gasteiger partial charge in [0.2, 0.25) is 0 Å². The van der Waals surface area contributed by atoms with Gasteiger partial charge in [-0.1, -0.05) is 6.07 Å². The second-order valence-electron chi connectivity index (χ2n) is 4.08. The zero-order valence-corrected chi connectivity index (χ0v) is 14.1. The third kappa shape index (κ3) is 2.89. The molecule has 0 bridgehead atoms. The predicted molar refractivity (Wildman–Crippen MR) is 94.3 cm³/mol. The average molecular weight is 465 g/mol. The Balaban J connectivity index is 2.63. The van der Waals surface area contributed by atoms with Gasteiger partial charge in [-0.05, 0) is 87.5 Å². The van der Waals surface area contributed by atoms with Crippen LogP contribution in [0.25, 0.3) is 11.1 Å². The molecule has 2 aromatic carbocycles. The maximum absolute atomic E-state index is 6.13. The number of hydrogen-bond donors (Lipinski definition) is 3. The first-order valence-electron chi connectivity index (χ1n) is 5.34. The molecular formula is C13H13I2N3. The van der Waals surface area contributed by atoms with E-state index < -0.39 is 0 Å². The Morgan fingerprint density at radius 1 is 1.06 bits per heavy atom. The van der Waals surface area contributed by atoms with Gasteiger partial charge in [0.1, 0.15) is 0 Å². The van der Waals surface area contributed by atoms with E-state index >= 15 is 0 Å². The van der Waals surface area contributed by atoms with E-state index in [0.29, 0.717) is 0 Å². The second kappa shape index (κ2) is 5.62. The highest BCUT2D eigenvalue weighted by molar-refractivity contribution is 14.1. The molecule has 0 atom stereocenters. The summed E-state index contributed by atoms with van der Waals surface area (Å²) in [5, 5.41) is 0. The van der Waals surface area contributed by atoms with Crippen molar-refractivity contribution in [3.8, 4) is 11.1 Å². The highest BCUT2D eigenvalue weighted by atomic mass is 127. The van der Waals surface area contributed by atoms with Gasteiger partial charge in [-0.2, -0.15) is 0 Å². The summed E-state index contributed by atoms with van der Waals surface area (Å²) in [4.78, 5) is 0. The number of nitrogens with one attached hydrogen (secondary N) is 1. The molecule has 0 aliphatic rings. The van der Waals surface area contributed by atoms with Crippen LogP contribution in [0.1, 0.15) is 5.56 Å². The minimum absolute atomic E-state index is 0.733. The molecule has 0 saturated heterocycles. The summed E-state index contributed by atoms with van der Waals surface area (Å²) in [6, 6.07) is 10.3. The Labute approximate surface area is 134 Å². The molecule has 94 valence electrons. The highest BCUT2D eigenvalue weighted by Crippen LogP contribution is 2.34. The molecule has 5 N–H and O–H groups in total. The number of hydrogen-bond acceptors (Lipinski definition) is 3. The van der Waals surface area contributed by atoms with Crippen molar-refractivity contribution in [1.29, 1.82) is 0 Å². The first-order chi connectivity index (χ1) is 8.51. The molecule has 3 nitrogen and oxygen atoms in total. The van der Waals surface area contributed by atoms with Crippen molar-refractivity contribution in [2.75, 3.05) is 11.2 Å². The number of benzene rings is 2. The number of nitrogen functional groups attached to an aromatic ring is 2. The molecule has 2 aromatic rings. The van der Waals surface area contributed by atoms with Crippen LogP contribution in [0.15, 0.2) is 30.3 Å². The molecule has 5 heteroatoms. The van der Waals surface area contributed by atoms with E-state index in [-0.39, 0.29) is 0 Å². The van der Waals surface area contributed by atoms with Crippen LogP contribution in [-0.4, -0.2) is 0 Å². The van der Waals surface area contributed by atoms with Gasteiger partial charge >= 0.3 is 0 Å². The van der Waals surface area contributed by atoms with E-state index in [1.54, 1.807) is 0 Å². The summed E-state index contributed by atoms with van der Waals surface area (Å²) in [6.45, 7) is 2.09. The van der Waals surface area contributed by atoms with E-state index in [4.69, 9.17) is 11.6 Å². The summed E-state index contributed by atoms with van der Waals surface area (Å²) in [6.07, 6.45) is 0. The third-order valence-electron chi connectivity index (χ3n) is 2.62. The van der Waals surface area contributed by atoms with E-state index in [1.807, 2.05) is 12.1 Å². The first-order valence-corrected chi connectivity index (χ1v) is 7.50. The number of nitrogens with two attached hydrogens (primary N) is 2. The van der Waals surface area contributed by atoms with Crippen molar-refractivity contribution in [2.45, 2.75) is 6.92 Å². The SMILES string of the molecule is Cc1cc(I)cc(-c2c(N)cc(NN)cc2I)c1. The number of aryl methyl sites for hydroxylation is 1. The fourth-order valence-electron chi connectivity index (χ4n) is 1.90.